The molecule has 0 radical (unpaired) electrons. The van der Waals surface area contributed by atoms with E-state index in [1.54, 1.807) is 6.26 Å². The van der Waals surface area contributed by atoms with Gasteiger partial charge in [-0.05, 0) is 50.6 Å². The molecule has 1 aromatic carbocycles. The minimum atomic E-state index is -0.0611. The number of likely N-dealkylation sites (N-methyl/N-ethyl adjacent to an activating group) is 1. The van der Waals surface area contributed by atoms with Crippen molar-refractivity contribution in [1.29, 1.82) is 0 Å². The van der Waals surface area contributed by atoms with E-state index >= 15 is 0 Å². The van der Waals surface area contributed by atoms with Gasteiger partial charge in [-0.25, -0.2) is 0 Å². The van der Waals surface area contributed by atoms with Gasteiger partial charge < -0.3 is 24.1 Å². The number of carbonyl (C=O) groups excluding carboxylic acids is 1. The fraction of sp³-hybridized carbons (Fsp3) is 0.423. The van der Waals surface area contributed by atoms with E-state index in [1.165, 1.54) is 16.8 Å². The van der Waals surface area contributed by atoms with Gasteiger partial charge in [0.2, 0.25) is 0 Å². The Kier molecular flexibility index (Phi) is 6.70. The van der Waals surface area contributed by atoms with Gasteiger partial charge in [-0.2, -0.15) is 0 Å². The summed E-state index contributed by atoms with van der Waals surface area (Å²) in [6.07, 6.45) is 1.63. The molecular formula is C26H34N4O2. The van der Waals surface area contributed by atoms with Crippen LogP contribution in [0.15, 0.2) is 47.1 Å². The lowest BCUT2D eigenvalue weighted by Gasteiger charge is -2.36. The Morgan fingerprint density at radius 2 is 1.78 bits per heavy atom. The van der Waals surface area contributed by atoms with Gasteiger partial charge in [-0.3, -0.25) is 4.79 Å². The summed E-state index contributed by atoms with van der Waals surface area (Å²) >= 11 is 0. The number of anilines is 1. The highest BCUT2D eigenvalue weighted by atomic mass is 16.3. The number of piperazine rings is 1. The van der Waals surface area contributed by atoms with Gasteiger partial charge in [-0.1, -0.05) is 31.2 Å². The lowest BCUT2D eigenvalue weighted by molar-refractivity contribution is 0.0938. The third-order valence-corrected chi connectivity index (χ3v) is 6.67. The molecule has 0 aliphatic carbocycles. The van der Waals surface area contributed by atoms with E-state index in [4.69, 9.17) is 4.42 Å². The number of nitrogens with zero attached hydrogens (tertiary/aromatic N) is 3. The number of benzene rings is 1. The molecule has 3 heterocycles. The Labute approximate surface area is 190 Å². The predicted octanol–water partition coefficient (Wildman–Crippen LogP) is 4.13. The van der Waals surface area contributed by atoms with Crippen molar-refractivity contribution in [3.63, 3.8) is 0 Å². The standard InChI is InChI=1S/C26H34N4O2/c1-5-28-12-14-29(15-13-28)24-20(3)25(26(31)27-17-23-11-8-16-32-23)30(21(24)4)18-22-10-7-6-9-19(22)2/h6-11,16H,5,12-15,17-18H2,1-4H3,(H,27,31). The summed E-state index contributed by atoms with van der Waals surface area (Å²) in [7, 11) is 0. The van der Waals surface area contributed by atoms with E-state index in [-0.39, 0.29) is 5.91 Å². The van der Waals surface area contributed by atoms with Gasteiger partial charge in [0.1, 0.15) is 11.5 Å². The second-order valence-corrected chi connectivity index (χ2v) is 8.60. The Hall–Kier alpha value is -2.99. The zero-order valence-electron chi connectivity index (χ0n) is 19.6. The highest BCUT2D eigenvalue weighted by molar-refractivity contribution is 5.96. The van der Waals surface area contributed by atoms with Gasteiger partial charge in [0.05, 0.1) is 18.5 Å². The van der Waals surface area contributed by atoms with Crippen molar-refractivity contribution in [1.82, 2.24) is 14.8 Å². The number of aryl methyl sites for hydroxylation is 1. The molecule has 0 spiro atoms. The molecule has 1 aliphatic heterocycles. The van der Waals surface area contributed by atoms with Gasteiger partial charge >= 0.3 is 0 Å². The maximum Gasteiger partial charge on any atom is 0.268 e. The smallest absolute Gasteiger partial charge is 0.268 e. The molecule has 4 rings (SSSR count). The Morgan fingerprint density at radius 3 is 2.44 bits per heavy atom. The molecule has 0 bridgehead atoms. The first-order chi connectivity index (χ1) is 15.5. The number of rotatable bonds is 7. The molecule has 2 aromatic heterocycles. The molecule has 1 aliphatic rings. The van der Waals surface area contributed by atoms with E-state index in [2.05, 4.69) is 71.6 Å². The first-order valence-corrected chi connectivity index (χ1v) is 11.5. The highest BCUT2D eigenvalue weighted by Gasteiger charge is 2.28. The molecule has 1 amide bonds. The van der Waals surface area contributed by atoms with Crippen molar-refractivity contribution in [2.45, 2.75) is 40.8 Å². The second kappa shape index (κ2) is 9.65. The molecule has 0 unspecified atom stereocenters. The van der Waals surface area contributed by atoms with E-state index in [1.807, 2.05) is 12.1 Å². The number of furan rings is 1. The maximum atomic E-state index is 13.4. The van der Waals surface area contributed by atoms with Crippen LogP contribution in [0.5, 0.6) is 0 Å². The summed E-state index contributed by atoms with van der Waals surface area (Å²) in [6.45, 7) is 14.8. The van der Waals surface area contributed by atoms with Crippen molar-refractivity contribution < 1.29 is 9.21 Å². The van der Waals surface area contributed by atoms with Crippen LogP contribution in [0, 0.1) is 20.8 Å². The van der Waals surface area contributed by atoms with Gasteiger partial charge in [0, 0.05) is 44.0 Å². The topological polar surface area (TPSA) is 53.6 Å². The lowest BCUT2D eigenvalue weighted by Crippen LogP contribution is -2.46. The molecule has 1 saturated heterocycles. The van der Waals surface area contributed by atoms with Crippen LogP contribution in [0.2, 0.25) is 0 Å². The molecule has 170 valence electrons. The van der Waals surface area contributed by atoms with Crippen molar-refractivity contribution >= 4 is 11.6 Å². The average Bonchev–Trinajstić information content (AvgIpc) is 3.40. The first kappa shape index (κ1) is 22.2. The van der Waals surface area contributed by atoms with E-state index in [0.717, 1.165) is 55.4 Å². The van der Waals surface area contributed by atoms with Crippen molar-refractivity contribution in [2.75, 3.05) is 37.6 Å². The Morgan fingerprint density at radius 1 is 1.03 bits per heavy atom. The van der Waals surface area contributed by atoms with E-state index < -0.39 is 0 Å². The summed E-state index contributed by atoms with van der Waals surface area (Å²) in [5.74, 6) is 0.690. The molecule has 0 saturated carbocycles. The summed E-state index contributed by atoms with van der Waals surface area (Å²) < 4.78 is 7.59. The van der Waals surface area contributed by atoms with Crippen LogP contribution < -0.4 is 10.2 Å². The molecule has 1 fully saturated rings. The van der Waals surface area contributed by atoms with Crippen LogP contribution in [-0.2, 0) is 13.1 Å². The van der Waals surface area contributed by atoms with E-state index in [0.29, 0.717) is 13.1 Å². The first-order valence-electron chi connectivity index (χ1n) is 11.5. The van der Waals surface area contributed by atoms with Crippen LogP contribution in [0.1, 0.15) is 45.6 Å². The minimum absolute atomic E-state index is 0.0611. The fourth-order valence-corrected chi connectivity index (χ4v) is 4.75. The van der Waals surface area contributed by atoms with Gasteiger partial charge in [0.15, 0.2) is 0 Å². The number of carbonyl (C=O) groups is 1. The van der Waals surface area contributed by atoms with Gasteiger partial charge in [0.25, 0.3) is 5.91 Å². The SMILES string of the molecule is CCN1CCN(c2c(C)c(C(=O)NCc3ccco3)n(Cc3ccccc3C)c2C)CC1. The summed E-state index contributed by atoms with van der Waals surface area (Å²) in [6, 6.07) is 12.1. The zero-order chi connectivity index (χ0) is 22.7. The molecule has 6 heteroatoms. The summed E-state index contributed by atoms with van der Waals surface area (Å²) in [4.78, 5) is 18.3. The van der Waals surface area contributed by atoms with Crippen LogP contribution in [0.25, 0.3) is 0 Å². The molecule has 1 N–H and O–H groups in total. The molecule has 3 aromatic rings. The van der Waals surface area contributed by atoms with Crippen molar-refractivity contribution in [2.24, 2.45) is 0 Å². The maximum absolute atomic E-state index is 13.4. The molecule has 32 heavy (non-hydrogen) atoms. The molecular weight excluding hydrogens is 400 g/mol. The largest absolute Gasteiger partial charge is 0.467 e. The fourth-order valence-electron chi connectivity index (χ4n) is 4.75. The normalized spacial score (nSPS) is 14.7. The number of nitrogens with one attached hydrogen (secondary N) is 1. The third kappa shape index (κ3) is 4.46. The Balaban J connectivity index is 1.68. The van der Waals surface area contributed by atoms with Crippen molar-refractivity contribution in [3.8, 4) is 0 Å². The third-order valence-electron chi connectivity index (χ3n) is 6.67. The molecule has 6 nitrogen and oxygen atoms in total. The summed E-state index contributed by atoms with van der Waals surface area (Å²) in [5.41, 5.74) is 6.62. The Bertz CT molecular complexity index is 1060. The summed E-state index contributed by atoms with van der Waals surface area (Å²) in [5, 5.41) is 3.06. The van der Waals surface area contributed by atoms with Crippen molar-refractivity contribution in [3.05, 3.63) is 76.5 Å². The number of aromatic nitrogens is 1. The van der Waals surface area contributed by atoms with Crippen LogP contribution in [0.4, 0.5) is 5.69 Å². The highest BCUT2D eigenvalue weighted by Crippen LogP contribution is 2.32. The lowest BCUT2D eigenvalue weighted by atomic mass is 10.1. The predicted molar refractivity (Wildman–Crippen MR) is 128 cm³/mol. The van der Waals surface area contributed by atoms with E-state index in [9.17, 15) is 4.79 Å². The molecule has 0 atom stereocenters. The number of amides is 1. The minimum Gasteiger partial charge on any atom is -0.467 e. The number of hydrogen-bond donors (Lipinski definition) is 1. The quantitative estimate of drug-likeness (QED) is 0.608. The zero-order valence-corrected chi connectivity index (χ0v) is 19.6. The van der Waals surface area contributed by atoms with Crippen LogP contribution >= 0.6 is 0 Å². The van der Waals surface area contributed by atoms with Gasteiger partial charge in [-0.15, -0.1) is 0 Å². The second-order valence-electron chi connectivity index (χ2n) is 8.60. The number of hydrogen-bond acceptors (Lipinski definition) is 4. The van der Waals surface area contributed by atoms with Crippen LogP contribution in [0.3, 0.4) is 0 Å². The van der Waals surface area contributed by atoms with Crippen LogP contribution in [-0.4, -0.2) is 48.1 Å². The average molecular weight is 435 g/mol. The monoisotopic (exact) mass is 434 g/mol.